The summed E-state index contributed by atoms with van der Waals surface area (Å²) in [6.45, 7) is 0. The van der Waals surface area contributed by atoms with Gasteiger partial charge in [0.2, 0.25) is 0 Å². The zero-order chi connectivity index (χ0) is 15.7. The number of halogens is 2. The molecule has 0 saturated heterocycles. The highest BCUT2D eigenvalue weighted by atomic mass is 35.5. The van der Waals surface area contributed by atoms with E-state index in [1.165, 1.54) is 12.1 Å². The third kappa shape index (κ3) is 2.84. The molecule has 0 bridgehead atoms. The highest BCUT2D eigenvalue weighted by molar-refractivity contribution is 6.38. The molecule has 0 aliphatic heterocycles. The van der Waals surface area contributed by atoms with E-state index in [0.717, 1.165) is 0 Å². The monoisotopic (exact) mass is 334 g/mol. The second kappa shape index (κ2) is 5.83. The molecule has 1 aromatic heterocycles. The van der Waals surface area contributed by atoms with Gasteiger partial charge in [0.05, 0.1) is 5.02 Å². The van der Waals surface area contributed by atoms with Crippen molar-refractivity contribution in [3.8, 4) is 5.75 Å². The largest absolute Gasteiger partial charge is 0.423 e. The smallest absolute Gasteiger partial charge is 0.351 e. The lowest BCUT2D eigenvalue weighted by molar-refractivity contribution is 0.0730. The topological polar surface area (TPSA) is 56.5 Å². The zero-order valence-corrected chi connectivity index (χ0v) is 12.5. The van der Waals surface area contributed by atoms with Crippen LogP contribution in [-0.4, -0.2) is 5.97 Å². The normalized spacial score (nSPS) is 10.6. The van der Waals surface area contributed by atoms with Crippen molar-refractivity contribution in [2.45, 2.75) is 0 Å². The maximum Gasteiger partial charge on any atom is 0.351 e. The summed E-state index contributed by atoms with van der Waals surface area (Å²) in [5.74, 6) is -0.478. The van der Waals surface area contributed by atoms with Crippen molar-refractivity contribution in [3.63, 3.8) is 0 Å². The summed E-state index contributed by atoms with van der Waals surface area (Å²) < 4.78 is 10.2. The van der Waals surface area contributed by atoms with E-state index >= 15 is 0 Å². The van der Waals surface area contributed by atoms with Gasteiger partial charge in [0.25, 0.3) is 0 Å². The van der Waals surface area contributed by atoms with Crippen molar-refractivity contribution < 1.29 is 13.9 Å². The minimum Gasteiger partial charge on any atom is -0.423 e. The van der Waals surface area contributed by atoms with Gasteiger partial charge in [-0.05, 0) is 30.3 Å². The number of para-hydroxylation sites is 1. The Hall–Kier alpha value is -2.30. The number of esters is 1. The standard InChI is InChI=1S/C16H8Cl2O4/c17-10-6-9-7-12(16(20)22-14(9)13(18)8-10)15(19)21-11-4-2-1-3-5-11/h1-8H. The molecule has 0 unspecified atom stereocenters. The van der Waals surface area contributed by atoms with E-state index in [9.17, 15) is 9.59 Å². The number of rotatable bonds is 2. The van der Waals surface area contributed by atoms with Gasteiger partial charge in [-0.2, -0.15) is 0 Å². The quantitative estimate of drug-likeness (QED) is 0.398. The molecule has 2 aromatic carbocycles. The van der Waals surface area contributed by atoms with Crippen molar-refractivity contribution in [1.82, 2.24) is 0 Å². The minimum absolute atomic E-state index is 0.173. The van der Waals surface area contributed by atoms with E-state index in [-0.39, 0.29) is 16.2 Å². The molecule has 0 atom stereocenters. The molecular weight excluding hydrogens is 327 g/mol. The highest BCUT2D eigenvalue weighted by Gasteiger charge is 2.17. The van der Waals surface area contributed by atoms with Gasteiger partial charge in [-0.3, -0.25) is 0 Å². The van der Waals surface area contributed by atoms with Crippen LogP contribution in [0.5, 0.6) is 5.75 Å². The maximum absolute atomic E-state index is 12.1. The van der Waals surface area contributed by atoms with E-state index in [4.69, 9.17) is 32.4 Å². The van der Waals surface area contributed by atoms with Crippen LogP contribution in [0.2, 0.25) is 10.0 Å². The van der Waals surface area contributed by atoms with Crippen LogP contribution >= 0.6 is 23.2 Å². The number of hydrogen-bond acceptors (Lipinski definition) is 4. The number of benzene rings is 2. The van der Waals surface area contributed by atoms with E-state index in [1.54, 1.807) is 36.4 Å². The Kier molecular flexibility index (Phi) is 3.88. The second-order valence-corrected chi connectivity index (χ2v) is 5.30. The summed E-state index contributed by atoms with van der Waals surface area (Å²) in [5, 5.41) is 1.01. The molecule has 0 spiro atoms. The molecule has 0 aliphatic carbocycles. The second-order valence-electron chi connectivity index (χ2n) is 4.46. The average Bonchev–Trinajstić information content (AvgIpc) is 2.48. The SMILES string of the molecule is O=C(Oc1ccccc1)c1cc2cc(Cl)cc(Cl)c2oc1=O. The molecule has 4 nitrogen and oxygen atoms in total. The Balaban J connectivity index is 2.05. The molecular formula is C16H8Cl2O4. The van der Waals surface area contributed by atoms with Crippen LogP contribution in [0.4, 0.5) is 0 Å². The zero-order valence-electron chi connectivity index (χ0n) is 11.0. The van der Waals surface area contributed by atoms with E-state index < -0.39 is 11.6 Å². The average molecular weight is 335 g/mol. The van der Waals surface area contributed by atoms with Gasteiger partial charge in [0, 0.05) is 10.4 Å². The first-order valence-corrected chi connectivity index (χ1v) is 7.00. The van der Waals surface area contributed by atoms with E-state index in [0.29, 0.717) is 16.2 Å². The van der Waals surface area contributed by atoms with Gasteiger partial charge in [0.15, 0.2) is 5.58 Å². The van der Waals surface area contributed by atoms with Crippen LogP contribution in [0.1, 0.15) is 10.4 Å². The Morgan fingerprint density at radius 2 is 1.77 bits per heavy atom. The number of ether oxygens (including phenoxy) is 1. The van der Waals surface area contributed by atoms with Gasteiger partial charge in [0.1, 0.15) is 11.3 Å². The predicted octanol–water partition coefficient (Wildman–Crippen LogP) is 4.32. The number of fused-ring (bicyclic) bond motifs is 1. The summed E-state index contributed by atoms with van der Waals surface area (Å²) >= 11 is 11.9. The van der Waals surface area contributed by atoms with Crippen molar-refractivity contribution in [1.29, 1.82) is 0 Å². The highest BCUT2D eigenvalue weighted by Crippen LogP contribution is 2.27. The molecule has 3 rings (SSSR count). The fraction of sp³-hybridized carbons (Fsp3) is 0. The Bertz CT molecular complexity index is 917. The van der Waals surface area contributed by atoms with Crippen LogP contribution in [0, 0.1) is 0 Å². The molecule has 1 heterocycles. The molecule has 0 aliphatic rings. The molecule has 0 fully saturated rings. The number of carbonyl (C=O) groups excluding carboxylic acids is 1. The van der Waals surface area contributed by atoms with Crippen molar-refractivity contribution in [2.75, 3.05) is 0 Å². The fourth-order valence-electron chi connectivity index (χ4n) is 1.95. The maximum atomic E-state index is 12.1. The predicted molar refractivity (Wildman–Crippen MR) is 83.9 cm³/mol. The first-order valence-electron chi connectivity index (χ1n) is 6.25. The summed E-state index contributed by atoms with van der Waals surface area (Å²) in [5.41, 5.74) is -0.875. The van der Waals surface area contributed by atoms with Crippen molar-refractivity contribution in [2.24, 2.45) is 0 Å². The van der Waals surface area contributed by atoms with Crippen LogP contribution in [-0.2, 0) is 0 Å². The third-order valence-electron chi connectivity index (χ3n) is 2.93. The Morgan fingerprint density at radius 1 is 1.05 bits per heavy atom. The fourth-order valence-corrected chi connectivity index (χ4v) is 2.50. The summed E-state index contributed by atoms with van der Waals surface area (Å²) in [7, 11) is 0. The third-order valence-corrected chi connectivity index (χ3v) is 3.42. The van der Waals surface area contributed by atoms with E-state index in [2.05, 4.69) is 0 Å². The van der Waals surface area contributed by atoms with Gasteiger partial charge >= 0.3 is 11.6 Å². The van der Waals surface area contributed by atoms with Crippen LogP contribution < -0.4 is 10.4 Å². The van der Waals surface area contributed by atoms with Gasteiger partial charge in [-0.15, -0.1) is 0 Å². The van der Waals surface area contributed by atoms with Crippen molar-refractivity contribution in [3.05, 3.63) is 74.6 Å². The molecule has 22 heavy (non-hydrogen) atoms. The number of hydrogen-bond donors (Lipinski definition) is 0. The molecule has 110 valence electrons. The van der Waals surface area contributed by atoms with Crippen LogP contribution in [0.25, 0.3) is 11.0 Å². The summed E-state index contributed by atoms with van der Waals surface area (Å²) in [4.78, 5) is 24.0. The van der Waals surface area contributed by atoms with Gasteiger partial charge < -0.3 is 9.15 Å². The van der Waals surface area contributed by atoms with Crippen molar-refractivity contribution >= 4 is 40.1 Å². The molecule has 0 radical (unpaired) electrons. The first-order chi connectivity index (χ1) is 10.5. The molecule has 6 heteroatoms. The molecule has 3 aromatic rings. The van der Waals surface area contributed by atoms with E-state index in [1.807, 2.05) is 0 Å². The lowest BCUT2D eigenvalue weighted by Gasteiger charge is -2.05. The van der Waals surface area contributed by atoms with Gasteiger partial charge in [-0.1, -0.05) is 41.4 Å². The Labute approximate surface area is 134 Å². The summed E-state index contributed by atoms with van der Waals surface area (Å²) in [6, 6.07) is 12.8. The lowest BCUT2D eigenvalue weighted by Crippen LogP contribution is -2.18. The van der Waals surface area contributed by atoms with Crippen LogP contribution in [0.3, 0.4) is 0 Å². The summed E-state index contributed by atoms with van der Waals surface area (Å²) in [6.07, 6.45) is 0. The van der Waals surface area contributed by atoms with Crippen LogP contribution in [0.15, 0.2) is 57.7 Å². The molecule has 0 N–H and O–H groups in total. The molecule has 0 amide bonds. The Morgan fingerprint density at radius 3 is 2.50 bits per heavy atom. The first kappa shape index (κ1) is 14.6. The number of carbonyl (C=O) groups is 1. The van der Waals surface area contributed by atoms with Gasteiger partial charge in [-0.25, -0.2) is 9.59 Å². The lowest BCUT2D eigenvalue weighted by atomic mass is 10.2. The molecule has 0 saturated carbocycles. The minimum atomic E-state index is -0.822.